The van der Waals surface area contributed by atoms with Gasteiger partial charge in [0.05, 0.1) is 0 Å². The fourth-order valence-corrected chi connectivity index (χ4v) is 10.7. The second-order valence-corrected chi connectivity index (χ2v) is 28.6. The third-order valence-electron chi connectivity index (χ3n) is 17.4. The summed E-state index contributed by atoms with van der Waals surface area (Å²) in [5.74, 6) is 13.0. The molecule has 35 N–H and O–H groups in total. The van der Waals surface area contributed by atoms with E-state index in [0.717, 1.165) is 34.9 Å². The highest BCUT2D eigenvalue weighted by molar-refractivity contribution is 5.59. The monoisotopic (exact) mass is 1880 g/mol. The molecule has 0 fully saturated rings. The number of likely N-dealkylation sites (N-methyl/N-ethyl adjacent to an activating group) is 1. The Labute approximate surface area is 784 Å². The minimum Gasteiger partial charge on any atom is -0.504 e. The van der Waals surface area contributed by atoms with Gasteiger partial charge in [-0.15, -0.1) is 0 Å². The Morgan fingerprint density at radius 2 is 0.533 bits per heavy atom. The van der Waals surface area contributed by atoms with Gasteiger partial charge in [0, 0.05) is 156 Å². The van der Waals surface area contributed by atoms with Crippen LogP contribution in [-0.2, 0) is 12.8 Å². The number of benzene rings is 2. The van der Waals surface area contributed by atoms with Gasteiger partial charge in [-0.1, -0.05) is 24.3 Å². The van der Waals surface area contributed by atoms with Crippen molar-refractivity contribution in [2.45, 2.75) is 12.8 Å². The molecule has 14 heterocycles. The quantitative estimate of drug-likeness (QED) is 0.0296. The molecule has 722 valence electrons. The Hall–Kier alpha value is -19.4. The summed E-state index contributed by atoms with van der Waals surface area (Å²) in [5.41, 5.74) is 45.4. The Morgan fingerprint density at radius 3 is 0.920 bits per heavy atom. The molecular formula is C79H112N54O4. The first-order valence-electron chi connectivity index (χ1n) is 40.9. The number of phenolic OH excluding ortho intramolecular Hbond substituents is 4. The van der Waals surface area contributed by atoms with Gasteiger partial charge < -0.3 is 169 Å². The van der Waals surface area contributed by atoms with Gasteiger partial charge in [-0.3, -0.25) is 9.80 Å². The lowest BCUT2D eigenvalue weighted by molar-refractivity contribution is 0.399. The minimum atomic E-state index is -0.126. The number of anilines is 30. The van der Waals surface area contributed by atoms with Crippen molar-refractivity contribution in [1.29, 1.82) is 0 Å². The number of phenols is 4. The fraction of sp³-hybridized carbons (Fsp3) is 0.241. The van der Waals surface area contributed by atoms with Crippen LogP contribution in [0.1, 0.15) is 11.1 Å². The lowest BCUT2D eigenvalue weighted by atomic mass is 10.1. The predicted octanol–water partition coefficient (Wildman–Crippen LogP) is 4.70. The van der Waals surface area contributed by atoms with E-state index in [9.17, 15) is 20.4 Å². The van der Waals surface area contributed by atoms with Crippen molar-refractivity contribution in [1.82, 2.24) is 150 Å². The van der Waals surface area contributed by atoms with Crippen molar-refractivity contribution in [3.05, 3.63) is 158 Å². The third-order valence-corrected chi connectivity index (χ3v) is 17.4. The maximum absolute atomic E-state index is 9.81. The highest BCUT2D eigenvalue weighted by Gasteiger charge is 2.18. The van der Waals surface area contributed by atoms with Crippen LogP contribution in [-0.4, -0.2) is 289 Å². The number of hydrogen-bond donors (Lipinski definition) is 27. The maximum atomic E-state index is 9.81. The second kappa shape index (κ2) is 50.0. The van der Waals surface area contributed by atoms with Gasteiger partial charge in [0.2, 0.25) is 143 Å². The van der Waals surface area contributed by atoms with E-state index in [4.69, 9.17) is 45.9 Å². The van der Waals surface area contributed by atoms with Crippen LogP contribution in [0.4, 0.5) is 178 Å². The van der Waals surface area contributed by atoms with Crippen LogP contribution in [0.25, 0.3) is 0 Å². The molecular weight excluding hydrogens is 1770 g/mol. The number of nitrogen functional groups attached to an aromatic ring is 8. The fourth-order valence-electron chi connectivity index (χ4n) is 10.7. The van der Waals surface area contributed by atoms with Crippen molar-refractivity contribution >= 4 is 178 Å². The summed E-state index contributed by atoms with van der Waals surface area (Å²) < 4.78 is 0. The molecule has 0 bridgehead atoms. The van der Waals surface area contributed by atoms with E-state index in [2.05, 4.69) is 197 Å². The smallest absolute Gasteiger partial charge is 0.237 e. The van der Waals surface area contributed by atoms with E-state index in [-0.39, 0.29) is 70.6 Å². The molecule has 0 saturated heterocycles. The molecule has 0 saturated carbocycles. The predicted molar refractivity (Wildman–Crippen MR) is 532 cm³/mol. The van der Waals surface area contributed by atoms with Gasteiger partial charge in [-0.05, 0) is 109 Å². The summed E-state index contributed by atoms with van der Waals surface area (Å²) in [7, 11) is 27.2. The molecule has 137 heavy (non-hydrogen) atoms. The van der Waals surface area contributed by atoms with Crippen LogP contribution >= 0.6 is 0 Å². The summed E-state index contributed by atoms with van der Waals surface area (Å²) >= 11 is 0. The molecule has 58 nitrogen and oxygen atoms in total. The molecule has 0 unspecified atom stereocenters. The molecule has 0 aliphatic carbocycles. The van der Waals surface area contributed by atoms with E-state index in [1.165, 1.54) is 12.1 Å². The number of rotatable bonds is 28. The highest BCUT2D eigenvalue weighted by atomic mass is 16.3. The maximum Gasteiger partial charge on any atom is 0.237 e. The van der Waals surface area contributed by atoms with E-state index in [1.807, 2.05) is 161 Å². The number of aromatic nitrogens is 30. The Balaban J connectivity index is 0.000000176. The molecule has 0 spiro atoms. The number of nitrogens with zero attached hydrogens (tertiary/aromatic N) is 31. The van der Waals surface area contributed by atoms with Crippen molar-refractivity contribution in [3.8, 4) is 23.0 Å². The van der Waals surface area contributed by atoms with E-state index < -0.39 is 0 Å². The van der Waals surface area contributed by atoms with Crippen LogP contribution in [0.3, 0.4) is 0 Å². The van der Waals surface area contributed by atoms with Crippen molar-refractivity contribution < 1.29 is 20.4 Å². The summed E-state index contributed by atoms with van der Waals surface area (Å²) in [6, 6.07) is 32.3. The normalized spacial score (nSPS) is 10.2. The molecule has 16 aromatic rings. The number of aromatic amines is 6. The molecule has 0 atom stereocenters. The van der Waals surface area contributed by atoms with E-state index in [0.29, 0.717) is 132 Å². The summed E-state index contributed by atoms with van der Waals surface area (Å²) in [5, 5.41) is 65.0. The SMILES string of the molecule is CN(C)c1nc(N)nc(N(C)CCc2cccc(O)c2O)n1.CN(C)c1nc(N)nc(Nc2ccc[nH]2)n1.CN(C)c1nc(NCCc2cccc(O)c2O)nc(N(C)C)n1.CN(c1nc(N)nc(N)n1)c1ccc[nH]1.CNc1nc(N)nc(N(C)c2ccc[nH]2)n1.CNc1nc(N)nc(Nc2ccc[nH]2)n1.CNc1nc(NC)nc(Nc2ccc[nH]2)n1.Nc1nc(N)nc(Nc2ccc[nH]2)n1. The first kappa shape index (κ1) is 101. The molecule has 2 aromatic carbocycles. The van der Waals surface area contributed by atoms with Gasteiger partial charge >= 0.3 is 0 Å². The van der Waals surface area contributed by atoms with Crippen LogP contribution < -0.4 is 128 Å². The third kappa shape index (κ3) is 32.3. The van der Waals surface area contributed by atoms with Crippen LogP contribution in [0.2, 0.25) is 0 Å². The molecule has 16 rings (SSSR count). The molecule has 0 radical (unpaired) electrons. The van der Waals surface area contributed by atoms with Gasteiger partial charge in [0.1, 0.15) is 34.9 Å². The first-order valence-corrected chi connectivity index (χ1v) is 40.9. The molecule has 58 heteroatoms. The van der Waals surface area contributed by atoms with Crippen molar-refractivity contribution in [2.75, 3.05) is 247 Å². The standard InChI is InChI=1S/C15H22N6O2.C14H20N6O2.3C9H13N7.2C8H11N7.C7H9N7/c1-20(2)14-17-13(18-15(19-14)21(3)4)16-9-8-10-6-5-7-11(22)12(10)23;1-19(2)13-16-12(15)17-14(18-13)20(3)8-7-9-5-4-6-10(21)11(9)22;1-16(2)9-14-7(10)13-8(15-9)12-6-4-3-5-11-6;1-11-8-13-7(10)14-9(15-8)16(2)6-4-3-5-12-6;1-10-7-14-8(11-2)16-9(15-7)13-6-4-3-5-12-6;1-15(5-3-2-4-11-5)8-13-6(9)12-7(10)14-8;1-10-7-13-6(9)14-8(15-7)12-5-3-2-4-11-5;8-5-12-6(9)14-7(13-5)11-4-2-1-3-10-4/h5-7,22-23H,8-9H2,1-4H3,(H,16,17,18,19);4-6,21-22H,7-8H2,1-3H3,(H2,15,16,17,18);3-5,11H,1-2H3,(H3,10,12,13,14,15);3-5,12H,1-2H3,(H3,10,11,13,14,15);3-5,12H,1-2H3,(H3,10,11,13,14,15,16);2-4,11H,1H3,(H4,9,10,12,13,14);2-4,11H,1H3,(H4,9,10,12,13,14,15);1-3,10H,(H5,8,9,11,12,13,14). The number of para-hydroxylation sites is 2. The zero-order valence-corrected chi connectivity index (χ0v) is 77.5. The summed E-state index contributed by atoms with van der Waals surface area (Å²) in [6.07, 6.45) is 11.9. The number of H-pyrrole nitrogens is 6. The number of hydrogen-bond acceptors (Lipinski definition) is 52. The van der Waals surface area contributed by atoms with Crippen molar-refractivity contribution in [2.24, 2.45) is 0 Å². The van der Waals surface area contributed by atoms with Crippen LogP contribution in [0.15, 0.2) is 146 Å². The van der Waals surface area contributed by atoms with Crippen LogP contribution in [0.5, 0.6) is 23.0 Å². The molecule has 0 amide bonds. The Bertz CT molecular complexity index is 6170. The molecule has 14 aromatic heterocycles. The molecule has 0 aliphatic heterocycles. The average Bonchev–Trinajstić information content (AvgIpc) is 1.78. The lowest BCUT2D eigenvalue weighted by Gasteiger charge is -2.19. The summed E-state index contributed by atoms with van der Waals surface area (Å²) in [6.45, 7) is 1.06. The highest BCUT2D eigenvalue weighted by Crippen LogP contribution is 2.31. The van der Waals surface area contributed by atoms with Gasteiger partial charge in [-0.25, -0.2) is 0 Å². The second-order valence-electron chi connectivity index (χ2n) is 28.6. The number of aromatic hydroxyl groups is 4. The zero-order chi connectivity index (χ0) is 99.2. The van der Waals surface area contributed by atoms with Gasteiger partial charge in [-0.2, -0.15) is 120 Å². The molecule has 0 aliphatic rings. The largest absolute Gasteiger partial charge is 0.504 e. The van der Waals surface area contributed by atoms with Crippen LogP contribution in [0, 0.1) is 0 Å². The summed E-state index contributed by atoms with van der Waals surface area (Å²) in [4.78, 5) is 128. The van der Waals surface area contributed by atoms with Crippen molar-refractivity contribution in [3.63, 3.8) is 0 Å². The number of nitrogens with one attached hydrogen (secondary N) is 15. The number of nitrogens with two attached hydrogens (primary N) is 8. The Morgan fingerprint density at radius 1 is 0.263 bits per heavy atom. The average molecular weight is 1880 g/mol. The first-order chi connectivity index (χ1) is 65.6. The minimum absolute atomic E-state index is 0.0894. The van der Waals surface area contributed by atoms with Gasteiger partial charge in [0.15, 0.2) is 23.0 Å². The topological polar surface area (TPSA) is 824 Å². The van der Waals surface area contributed by atoms with Gasteiger partial charge in [0.25, 0.3) is 0 Å². The Kier molecular flexibility index (Phi) is 37.0. The van der Waals surface area contributed by atoms with E-state index in [1.54, 1.807) is 114 Å². The zero-order valence-electron chi connectivity index (χ0n) is 77.5. The van der Waals surface area contributed by atoms with E-state index >= 15 is 0 Å². The lowest BCUT2D eigenvalue weighted by Crippen LogP contribution is -2.25.